The van der Waals surface area contributed by atoms with E-state index >= 15 is 0 Å². The van der Waals surface area contributed by atoms with E-state index in [-0.39, 0.29) is 5.69 Å². The lowest BCUT2D eigenvalue weighted by Gasteiger charge is -1.99. The van der Waals surface area contributed by atoms with E-state index in [0.717, 1.165) is 12.1 Å². The van der Waals surface area contributed by atoms with Crippen molar-refractivity contribution in [1.82, 2.24) is 0 Å². The maximum absolute atomic E-state index is 12.3. The Bertz CT molecular complexity index is 362. The summed E-state index contributed by atoms with van der Waals surface area (Å²) >= 11 is 0. The number of benzene rings is 1. The fraction of sp³-hybridized carbons (Fsp3) is 0. The van der Waals surface area contributed by atoms with Crippen molar-refractivity contribution >= 4 is 25.6 Å². The molecule has 1 N–H and O–H groups in total. The molecule has 6 heteroatoms. The summed E-state index contributed by atoms with van der Waals surface area (Å²) in [7, 11) is 1.08. The first-order valence-corrected chi connectivity index (χ1v) is 5.26. The molecule has 0 aliphatic heterocycles. The standard InChI is InChI=1S/C6H5ClFNO2S/c7-12(10,11)9-6-3-1-5(8)2-4-6/h1-4,9H. The summed E-state index contributed by atoms with van der Waals surface area (Å²) in [6.45, 7) is 0. The highest BCUT2D eigenvalue weighted by Gasteiger charge is 2.03. The molecule has 66 valence electrons. The van der Waals surface area contributed by atoms with Crippen molar-refractivity contribution in [1.29, 1.82) is 0 Å². The molecule has 0 radical (unpaired) electrons. The average molecular weight is 210 g/mol. The van der Waals surface area contributed by atoms with Crippen molar-refractivity contribution in [3.05, 3.63) is 30.1 Å². The second-order valence-corrected chi connectivity index (χ2v) is 4.35. The maximum atomic E-state index is 12.3. The van der Waals surface area contributed by atoms with Crippen LogP contribution in [0.5, 0.6) is 0 Å². The van der Waals surface area contributed by atoms with E-state index in [2.05, 4.69) is 0 Å². The van der Waals surface area contributed by atoms with Crippen LogP contribution in [0.3, 0.4) is 0 Å². The highest BCUT2D eigenvalue weighted by atomic mass is 35.7. The Balaban J connectivity index is 2.85. The Hall–Kier alpha value is -0.810. The first-order chi connectivity index (χ1) is 5.47. The molecule has 0 aromatic heterocycles. The monoisotopic (exact) mass is 209 g/mol. The molecule has 0 unspecified atom stereocenters. The minimum absolute atomic E-state index is 0.228. The topological polar surface area (TPSA) is 46.2 Å². The summed E-state index contributed by atoms with van der Waals surface area (Å²) in [6.07, 6.45) is 0. The lowest BCUT2D eigenvalue weighted by atomic mass is 10.3. The highest BCUT2D eigenvalue weighted by molar-refractivity contribution is 8.14. The third-order valence-corrected chi connectivity index (χ3v) is 1.79. The van der Waals surface area contributed by atoms with E-state index in [1.807, 2.05) is 4.72 Å². The minimum Gasteiger partial charge on any atom is -0.271 e. The number of hydrogen-bond acceptors (Lipinski definition) is 2. The van der Waals surface area contributed by atoms with Crippen LogP contribution < -0.4 is 4.72 Å². The van der Waals surface area contributed by atoms with Gasteiger partial charge in [0.2, 0.25) is 0 Å². The van der Waals surface area contributed by atoms with Crippen LogP contribution in [0.25, 0.3) is 0 Å². The molecule has 0 atom stereocenters. The third-order valence-electron chi connectivity index (χ3n) is 1.08. The molecule has 0 aliphatic carbocycles. The van der Waals surface area contributed by atoms with E-state index in [0.29, 0.717) is 0 Å². The van der Waals surface area contributed by atoms with E-state index in [1.165, 1.54) is 12.1 Å². The molecule has 1 rings (SSSR count). The predicted molar refractivity (Wildman–Crippen MR) is 44.8 cm³/mol. The quantitative estimate of drug-likeness (QED) is 0.754. The molecule has 1 aromatic rings. The van der Waals surface area contributed by atoms with Gasteiger partial charge in [-0.05, 0) is 24.3 Å². The molecule has 0 bridgehead atoms. The van der Waals surface area contributed by atoms with Crippen molar-refractivity contribution in [3.8, 4) is 0 Å². The van der Waals surface area contributed by atoms with Crippen molar-refractivity contribution in [2.24, 2.45) is 0 Å². The van der Waals surface area contributed by atoms with Gasteiger partial charge in [-0.3, -0.25) is 4.72 Å². The Morgan fingerprint density at radius 2 is 1.75 bits per heavy atom. The zero-order valence-electron chi connectivity index (χ0n) is 5.79. The van der Waals surface area contributed by atoms with Crippen LogP contribution in [-0.4, -0.2) is 8.42 Å². The molecule has 0 spiro atoms. The number of rotatable bonds is 2. The molecular formula is C6H5ClFNO2S. The van der Waals surface area contributed by atoms with Crippen molar-refractivity contribution in [2.75, 3.05) is 4.72 Å². The van der Waals surface area contributed by atoms with Crippen LogP contribution in [0.2, 0.25) is 0 Å². The molecule has 0 amide bonds. The summed E-state index contributed by atoms with van der Waals surface area (Å²) in [5.41, 5.74) is 0.228. The molecule has 0 saturated heterocycles. The van der Waals surface area contributed by atoms with Crippen LogP contribution in [0.1, 0.15) is 0 Å². The molecular weight excluding hydrogens is 205 g/mol. The van der Waals surface area contributed by atoms with E-state index in [4.69, 9.17) is 10.7 Å². The van der Waals surface area contributed by atoms with Gasteiger partial charge >= 0.3 is 9.24 Å². The molecule has 0 fully saturated rings. The number of hydrogen-bond donors (Lipinski definition) is 1. The van der Waals surface area contributed by atoms with Gasteiger partial charge in [-0.25, -0.2) is 4.39 Å². The van der Waals surface area contributed by atoms with Gasteiger partial charge in [0.05, 0.1) is 0 Å². The first kappa shape index (κ1) is 9.28. The third kappa shape index (κ3) is 3.06. The zero-order valence-corrected chi connectivity index (χ0v) is 7.36. The first-order valence-electron chi connectivity index (χ1n) is 2.95. The summed E-state index contributed by atoms with van der Waals surface area (Å²) in [5, 5.41) is 0. The fourth-order valence-electron chi connectivity index (χ4n) is 0.659. The predicted octanol–water partition coefficient (Wildman–Crippen LogP) is 1.72. The molecule has 3 nitrogen and oxygen atoms in total. The van der Waals surface area contributed by atoms with Gasteiger partial charge in [0.1, 0.15) is 5.82 Å². The normalized spacial score (nSPS) is 11.2. The number of anilines is 1. The number of nitrogens with one attached hydrogen (secondary N) is 1. The van der Waals surface area contributed by atoms with Gasteiger partial charge in [-0.15, -0.1) is 0 Å². The van der Waals surface area contributed by atoms with Crippen molar-refractivity contribution in [2.45, 2.75) is 0 Å². The van der Waals surface area contributed by atoms with Gasteiger partial charge in [0.25, 0.3) is 0 Å². The summed E-state index contributed by atoms with van der Waals surface area (Å²) in [6, 6.07) is 4.80. The van der Waals surface area contributed by atoms with E-state index < -0.39 is 15.1 Å². The summed E-state index contributed by atoms with van der Waals surface area (Å²) in [4.78, 5) is 0. The average Bonchev–Trinajstić information content (AvgIpc) is 1.91. The molecule has 0 heterocycles. The molecule has 12 heavy (non-hydrogen) atoms. The lowest BCUT2D eigenvalue weighted by molar-refractivity contribution is 0.613. The maximum Gasteiger partial charge on any atom is 0.319 e. The lowest BCUT2D eigenvalue weighted by Crippen LogP contribution is -2.03. The summed E-state index contributed by atoms with van der Waals surface area (Å²) < 4.78 is 35.2. The van der Waals surface area contributed by atoms with Gasteiger partial charge < -0.3 is 0 Å². The largest absolute Gasteiger partial charge is 0.319 e. The SMILES string of the molecule is O=S(=O)(Cl)Nc1ccc(F)cc1. The van der Waals surface area contributed by atoms with Gasteiger partial charge in [0.15, 0.2) is 0 Å². The second kappa shape index (κ2) is 3.28. The van der Waals surface area contributed by atoms with Crippen LogP contribution >= 0.6 is 10.7 Å². The second-order valence-electron chi connectivity index (χ2n) is 2.05. The van der Waals surface area contributed by atoms with E-state index in [9.17, 15) is 12.8 Å². The van der Waals surface area contributed by atoms with Crippen molar-refractivity contribution < 1.29 is 12.8 Å². The smallest absolute Gasteiger partial charge is 0.271 e. The van der Waals surface area contributed by atoms with Gasteiger partial charge in [-0.1, -0.05) is 0 Å². The summed E-state index contributed by atoms with van der Waals surface area (Å²) in [5.74, 6) is -0.437. The molecule has 0 saturated carbocycles. The Morgan fingerprint density at radius 3 is 2.17 bits per heavy atom. The molecule has 0 aliphatic rings. The fourth-order valence-corrected chi connectivity index (χ4v) is 1.34. The van der Waals surface area contributed by atoms with Crippen LogP contribution in [-0.2, 0) is 9.24 Å². The van der Waals surface area contributed by atoms with Crippen LogP contribution in [0.15, 0.2) is 24.3 Å². The Morgan fingerprint density at radius 1 is 1.25 bits per heavy atom. The van der Waals surface area contributed by atoms with E-state index in [1.54, 1.807) is 0 Å². The van der Waals surface area contributed by atoms with Gasteiger partial charge in [0, 0.05) is 16.4 Å². The highest BCUT2D eigenvalue weighted by Crippen LogP contribution is 2.11. The number of halogens is 2. The Labute approximate surface area is 73.7 Å². The van der Waals surface area contributed by atoms with Crippen LogP contribution in [0, 0.1) is 5.82 Å². The van der Waals surface area contributed by atoms with Gasteiger partial charge in [-0.2, -0.15) is 8.42 Å². The molecule has 1 aromatic carbocycles. The minimum atomic E-state index is -3.79. The Kier molecular flexibility index (Phi) is 2.54. The van der Waals surface area contributed by atoms with Crippen LogP contribution in [0.4, 0.5) is 10.1 Å². The zero-order chi connectivity index (χ0) is 9.19. The van der Waals surface area contributed by atoms with Crippen molar-refractivity contribution in [3.63, 3.8) is 0 Å².